The number of carbonyl (C=O) groups is 1. The molecule has 0 aliphatic heterocycles. The first kappa shape index (κ1) is 21.3. The molecule has 0 radical (unpaired) electrons. The number of aromatic nitrogens is 2. The summed E-state index contributed by atoms with van der Waals surface area (Å²) < 4.78 is 1.40. The van der Waals surface area contributed by atoms with Crippen LogP contribution in [0, 0.1) is 10.1 Å². The van der Waals surface area contributed by atoms with E-state index in [9.17, 15) is 14.9 Å². The summed E-state index contributed by atoms with van der Waals surface area (Å²) in [5.41, 5.74) is 2.64. The lowest BCUT2D eigenvalue weighted by Crippen LogP contribution is -2.28. The van der Waals surface area contributed by atoms with Gasteiger partial charge in [0.2, 0.25) is 0 Å². The van der Waals surface area contributed by atoms with Gasteiger partial charge in [-0.1, -0.05) is 66.2 Å². The van der Waals surface area contributed by atoms with Crippen LogP contribution in [0.25, 0.3) is 16.9 Å². The van der Waals surface area contributed by atoms with E-state index in [0.717, 1.165) is 5.56 Å². The van der Waals surface area contributed by atoms with Gasteiger partial charge in [0.05, 0.1) is 27.4 Å². The van der Waals surface area contributed by atoms with Crippen LogP contribution in [-0.4, -0.2) is 20.6 Å². The zero-order chi connectivity index (χ0) is 22.7. The van der Waals surface area contributed by atoms with E-state index >= 15 is 0 Å². The largest absolute Gasteiger partial charge is 0.344 e. The molecule has 0 saturated heterocycles. The number of nitro benzene ring substituents is 1. The molecule has 1 atom stereocenters. The third kappa shape index (κ3) is 4.38. The van der Waals surface area contributed by atoms with E-state index in [4.69, 9.17) is 11.6 Å². The fraction of sp³-hybridized carbons (Fsp3) is 0.0833. The van der Waals surface area contributed by atoms with Gasteiger partial charge in [-0.2, -0.15) is 5.10 Å². The molecule has 0 saturated carbocycles. The molecule has 1 N–H and O–H groups in total. The lowest BCUT2D eigenvalue weighted by atomic mass is 10.1. The first-order valence-corrected chi connectivity index (χ1v) is 10.3. The molecule has 0 fully saturated rings. The van der Waals surface area contributed by atoms with Crippen LogP contribution in [0.5, 0.6) is 0 Å². The van der Waals surface area contributed by atoms with Crippen molar-refractivity contribution >= 4 is 23.2 Å². The SMILES string of the molecule is CC(NC(=O)c1cc(-c2ccccc2Cl)nn1-c1cccc([N+](=O)[O-])c1)c1ccccc1. The number of hydrogen-bond acceptors (Lipinski definition) is 4. The summed E-state index contributed by atoms with van der Waals surface area (Å²) in [5, 5.41) is 19.3. The van der Waals surface area contributed by atoms with Crippen molar-refractivity contribution in [1.29, 1.82) is 0 Å². The molecule has 7 nitrogen and oxygen atoms in total. The van der Waals surface area contributed by atoms with Crippen molar-refractivity contribution in [2.75, 3.05) is 0 Å². The van der Waals surface area contributed by atoms with E-state index in [-0.39, 0.29) is 23.3 Å². The molecule has 0 aliphatic carbocycles. The van der Waals surface area contributed by atoms with Gasteiger partial charge in [0.15, 0.2) is 0 Å². The number of nitrogens with zero attached hydrogens (tertiary/aromatic N) is 3. The Labute approximate surface area is 189 Å². The van der Waals surface area contributed by atoms with Crippen molar-refractivity contribution in [2.45, 2.75) is 13.0 Å². The monoisotopic (exact) mass is 446 g/mol. The number of non-ortho nitro benzene ring substituents is 1. The van der Waals surface area contributed by atoms with E-state index in [0.29, 0.717) is 22.0 Å². The second kappa shape index (κ2) is 9.03. The fourth-order valence-electron chi connectivity index (χ4n) is 3.37. The fourth-order valence-corrected chi connectivity index (χ4v) is 3.61. The predicted molar refractivity (Wildman–Crippen MR) is 123 cm³/mol. The smallest absolute Gasteiger partial charge is 0.271 e. The summed E-state index contributed by atoms with van der Waals surface area (Å²) >= 11 is 6.34. The molecule has 1 unspecified atom stereocenters. The zero-order valence-electron chi connectivity index (χ0n) is 17.1. The average molecular weight is 447 g/mol. The van der Waals surface area contributed by atoms with E-state index in [1.807, 2.05) is 43.3 Å². The summed E-state index contributed by atoms with van der Waals surface area (Å²) in [6.07, 6.45) is 0. The van der Waals surface area contributed by atoms with Crippen molar-refractivity contribution < 1.29 is 9.72 Å². The summed E-state index contributed by atoms with van der Waals surface area (Å²) in [6.45, 7) is 1.89. The molecule has 32 heavy (non-hydrogen) atoms. The molecule has 0 aliphatic rings. The number of halogens is 1. The third-order valence-electron chi connectivity index (χ3n) is 5.02. The van der Waals surface area contributed by atoms with Crippen molar-refractivity contribution in [1.82, 2.24) is 15.1 Å². The number of nitro groups is 1. The third-order valence-corrected chi connectivity index (χ3v) is 5.35. The Morgan fingerprint density at radius 1 is 1.03 bits per heavy atom. The van der Waals surface area contributed by atoms with Crippen molar-refractivity contribution in [3.05, 3.63) is 111 Å². The molecule has 8 heteroatoms. The van der Waals surface area contributed by atoms with Crippen LogP contribution in [0.2, 0.25) is 5.02 Å². The molecule has 0 bridgehead atoms. The molecular formula is C24H19ClN4O3. The molecule has 1 aromatic heterocycles. The van der Waals surface area contributed by atoms with Gasteiger partial charge in [0.25, 0.3) is 11.6 Å². The van der Waals surface area contributed by atoms with Gasteiger partial charge >= 0.3 is 0 Å². The molecule has 160 valence electrons. The molecule has 0 spiro atoms. The second-order valence-corrected chi connectivity index (χ2v) is 7.60. The normalized spacial score (nSPS) is 11.7. The molecule has 3 aromatic carbocycles. The summed E-state index contributed by atoms with van der Waals surface area (Å²) in [5.74, 6) is -0.362. The quantitative estimate of drug-likeness (QED) is 0.308. The maximum absolute atomic E-state index is 13.2. The number of rotatable bonds is 6. The highest BCUT2D eigenvalue weighted by Gasteiger charge is 2.21. The lowest BCUT2D eigenvalue weighted by Gasteiger charge is -2.15. The minimum atomic E-state index is -0.487. The van der Waals surface area contributed by atoms with Gasteiger partial charge in [0, 0.05) is 17.7 Å². The van der Waals surface area contributed by atoms with Crippen LogP contribution in [0.3, 0.4) is 0 Å². The van der Waals surface area contributed by atoms with Crippen LogP contribution in [0.4, 0.5) is 5.69 Å². The molecular weight excluding hydrogens is 428 g/mol. The van der Waals surface area contributed by atoms with Crippen molar-refractivity contribution in [3.63, 3.8) is 0 Å². The number of carbonyl (C=O) groups excluding carboxylic acids is 1. The highest BCUT2D eigenvalue weighted by Crippen LogP contribution is 2.29. The molecule has 4 aromatic rings. The Morgan fingerprint density at radius 2 is 1.75 bits per heavy atom. The molecule has 4 rings (SSSR count). The Kier molecular flexibility index (Phi) is 6.00. The number of nitrogens with one attached hydrogen (secondary N) is 1. The predicted octanol–water partition coefficient (Wildman–Crippen LogP) is 5.59. The number of benzene rings is 3. The zero-order valence-corrected chi connectivity index (χ0v) is 17.9. The average Bonchev–Trinajstić information content (AvgIpc) is 3.25. The summed E-state index contributed by atoms with van der Waals surface area (Å²) in [4.78, 5) is 24.0. The first-order valence-electron chi connectivity index (χ1n) is 9.89. The van der Waals surface area contributed by atoms with Gasteiger partial charge in [-0.15, -0.1) is 0 Å². The maximum atomic E-state index is 13.2. The number of amides is 1. The van der Waals surface area contributed by atoms with E-state index in [1.165, 1.54) is 16.8 Å². The standard InChI is InChI=1S/C24H19ClN4O3/c1-16(17-8-3-2-4-9-17)26-24(30)23-15-22(20-12-5-6-13-21(20)25)27-28(23)18-10-7-11-19(14-18)29(31)32/h2-16H,1H3,(H,26,30). The van der Waals surface area contributed by atoms with Gasteiger partial charge in [-0.25, -0.2) is 4.68 Å². The summed E-state index contributed by atoms with van der Waals surface area (Å²) in [7, 11) is 0. The van der Waals surface area contributed by atoms with Gasteiger partial charge < -0.3 is 5.32 Å². The minimum absolute atomic E-state index is 0.0960. The molecule has 1 heterocycles. The van der Waals surface area contributed by atoms with Crippen molar-refractivity contribution in [3.8, 4) is 16.9 Å². The Balaban J connectivity index is 1.78. The minimum Gasteiger partial charge on any atom is -0.344 e. The first-order chi connectivity index (χ1) is 15.4. The van der Waals surface area contributed by atoms with Crippen LogP contribution in [-0.2, 0) is 0 Å². The Hall–Kier alpha value is -3.97. The highest BCUT2D eigenvalue weighted by atomic mass is 35.5. The van der Waals surface area contributed by atoms with Gasteiger partial charge in [-0.05, 0) is 30.7 Å². The van der Waals surface area contributed by atoms with E-state index < -0.39 is 4.92 Å². The van der Waals surface area contributed by atoms with Crippen LogP contribution < -0.4 is 5.32 Å². The Morgan fingerprint density at radius 3 is 2.47 bits per heavy atom. The topological polar surface area (TPSA) is 90.1 Å². The van der Waals surface area contributed by atoms with Crippen LogP contribution in [0.1, 0.15) is 29.0 Å². The van der Waals surface area contributed by atoms with Gasteiger partial charge in [0.1, 0.15) is 5.69 Å². The molecule has 1 amide bonds. The van der Waals surface area contributed by atoms with Gasteiger partial charge in [-0.3, -0.25) is 14.9 Å². The van der Waals surface area contributed by atoms with E-state index in [2.05, 4.69) is 10.4 Å². The van der Waals surface area contributed by atoms with E-state index in [1.54, 1.807) is 36.4 Å². The van der Waals surface area contributed by atoms with Crippen LogP contribution in [0.15, 0.2) is 84.9 Å². The Bertz CT molecular complexity index is 1290. The summed E-state index contributed by atoms with van der Waals surface area (Å²) in [6, 6.07) is 24.1. The maximum Gasteiger partial charge on any atom is 0.271 e. The van der Waals surface area contributed by atoms with Crippen LogP contribution >= 0.6 is 11.6 Å². The highest BCUT2D eigenvalue weighted by molar-refractivity contribution is 6.33. The van der Waals surface area contributed by atoms with Crippen molar-refractivity contribution in [2.24, 2.45) is 0 Å². The number of hydrogen-bond donors (Lipinski definition) is 1. The second-order valence-electron chi connectivity index (χ2n) is 7.19. The lowest BCUT2D eigenvalue weighted by molar-refractivity contribution is -0.384.